The first-order chi connectivity index (χ1) is 7.87. The lowest BCUT2D eigenvalue weighted by Gasteiger charge is -2.45. The fourth-order valence-electron chi connectivity index (χ4n) is 2.32. The first kappa shape index (κ1) is 12.4. The summed E-state index contributed by atoms with van der Waals surface area (Å²) in [4.78, 5) is 13.9. The first-order valence-electron chi connectivity index (χ1n) is 6.20. The monoisotopic (exact) mass is 239 g/mol. The lowest BCUT2D eigenvalue weighted by molar-refractivity contribution is -0.144. The van der Waals surface area contributed by atoms with Gasteiger partial charge in [0.2, 0.25) is 0 Å². The van der Waals surface area contributed by atoms with Crippen LogP contribution in [0.15, 0.2) is 12.2 Å². The summed E-state index contributed by atoms with van der Waals surface area (Å²) in [5, 5.41) is 0. The summed E-state index contributed by atoms with van der Waals surface area (Å²) in [5.41, 5.74) is -0.460. The van der Waals surface area contributed by atoms with E-state index >= 15 is 0 Å². The van der Waals surface area contributed by atoms with Crippen molar-refractivity contribution in [3.05, 3.63) is 12.2 Å². The highest BCUT2D eigenvalue weighted by atomic mass is 16.6. The van der Waals surface area contributed by atoms with Crippen LogP contribution < -0.4 is 0 Å². The molecule has 0 aromatic heterocycles. The van der Waals surface area contributed by atoms with E-state index in [1.165, 1.54) is 0 Å². The molecule has 2 heterocycles. The summed E-state index contributed by atoms with van der Waals surface area (Å²) < 4.78 is 11.2. The quantitative estimate of drug-likeness (QED) is 0.610. The van der Waals surface area contributed by atoms with Gasteiger partial charge >= 0.3 is 6.09 Å². The van der Waals surface area contributed by atoms with Gasteiger partial charge in [-0.1, -0.05) is 12.2 Å². The molecule has 4 heteroatoms. The van der Waals surface area contributed by atoms with Crippen LogP contribution >= 0.6 is 0 Å². The Labute approximate surface area is 103 Å². The minimum atomic E-state index is -0.460. The standard InChI is InChI=1S/C13H21NO3/c1-9-8-10-6-5-7-11(16-9)14(10)12(15)17-13(2,3)4/h5-6,9-11H,7-8H2,1-4H3/t9-,10+,11+/m1/s1. The zero-order valence-corrected chi connectivity index (χ0v) is 11.0. The van der Waals surface area contributed by atoms with Gasteiger partial charge in [-0.25, -0.2) is 4.79 Å². The van der Waals surface area contributed by atoms with Gasteiger partial charge in [0.25, 0.3) is 0 Å². The van der Waals surface area contributed by atoms with Gasteiger partial charge in [-0.2, -0.15) is 0 Å². The number of hydrogen-bond donors (Lipinski definition) is 0. The van der Waals surface area contributed by atoms with Crippen molar-refractivity contribution in [2.24, 2.45) is 0 Å². The topological polar surface area (TPSA) is 38.8 Å². The fraction of sp³-hybridized carbons (Fsp3) is 0.769. The van der Waals surface area contributed by atoms with Crippen LogP contribution in [-0.2, 0) is 9.47 Å². The van der Waals surface area contributed by atoms with Crippen molar-refractivity contribution in [2.45, 2.75) is 64.5 Å². The molecule has 3 atom stereocenters. The van der Waals surface area contributed by atoms with Gasteiger partial charge in [-0.15, -0.1) is 0 Å². The number of ether oxygens (including phenoxy) is 2. The fourth-order valence-corrected chi connectivity index (χ4v) is 2.32. The molecule has 0 unspecified atom stereocenters. The van der Waals surface area contributed by atoms with Crippen LogP contribution in [0.25, 0.3) is 0 Å². The van der Waals surface area contributed by atoms with Gasteiger partial charge in [0.05, 0.1) is 12.1 Å². The Bertz CT molecular complexity index is 332. The summed E-state index contributed by atoms with van der Waals surface area (Å²) >= 11 is 0. The molecular weight excluding hydrogens is 218 g/mol. The third-order valence-corrected chi connectivity index (χ3v) is 2.93. The number of fused-ring (bicyclic) bond motifs is 2. The zero-order valence-electron chi connectivity index (χ0n) is 11.0. The normalized spacial score (nSPS) is 32.5. The Morgan fingerprint density at radius 1 is 1.47 bits per heavy atom. The molecule has 0 spiro atoms. The van der Waals surface area contributed by atoms with Crippen LogP contribution in [0, 0.1) is 0 Å². The summed E-state index contributed by atoms with van der Waals surface area (Å²) in [5.74, 6) is 0. The Hall–Kier alpha value is -1.03. The summed E-state index contributed by atoms with van der Waals surface area (Å²) in [6.45, 7) is 7.68. The van der Waals surface area contributed by atoms with Crippen LogP contribution in [0.3, 0.4) is 0 Å². The van der Waals surface area contributed by atoms with Crippen molar-refractivity contribution in [1.29, 1.82) is 0 Å². The van der Waals surface area contributed by atoms with E-state index in [0.717, 1.165) is 12.8 Å². The molecule has 2 aliphatic heterocycles. The zero-order chi connectivity index (χ0) is 12.6. The third kappa shape index (κ3) is 2.80. The highest BCUT2D eigenvalue weighted by Gasteiger charge is 2.40. The number of nitrogens with zero attached hydrogens (tertiary/aromatic N) is 1. The predicted octanol–water partition coefficient (Wildman–Crippen LogP) is 2.69. The van der Waals surface area contributed by atoms with E-state index in [1.807, 2.05) is 27.7 Å². The van der Waals surface area contributed by atoms with Gasteiger partial charge in [0, 0.05) is 6.42 Å². The molecule has 1 amide bonds. The lowest BCUT2D eigenvalue weighted by Crippen LogP contribution is -2.56. The van der Waals surface area contributed by atoms with Crippen molar-refractivity contribution in [1.82, 2.24) is 4.90 Å². The van der Waals surface area contributed by atoms with Gasteiger partial charge in [0.1, 0.15) is 11.8 Å². The number of carbonyl (C=O) groups excluding carboxylic acids is 1. The average molecular weight is 239 g/mol. The maximum Gasteiger partial charge on any atom is 0.412 e. The molecule has 96 valence electrons. The Balaban J connectivity index is 2.11. The lowest BCUT2D eigenvalue weighted by atomic mass is 10.0. The number of carbonyl (C=O) groups is 1. The Morgan fingerprint density at radius 3 is 2.76 bits per heavy atom. The van der Waals surface area contributed by atoms with Crippen LogP contribution in [0.5, 0.6) is 0 Å². The van der Waals surface area contributed by atoms with Crippen molar-refractivity contribution in [2.75, 3.05) is 0 Å². The summed E-state index contributed by atoms with van der Waals surface area (Å²) in [6.07, 6.45) is 5.52. The van der Waals surface area contributed by atoms with E-state index in [2.05, 4.69) is 12.2 Å². The molecule has 17 heavy (non-hydrogen) atoms. The SMILES string of the molecule is C[C@@H]1C[C@@H]2C=CC[C@H](O1)N2C(=O)OC(C)(C)C. The van der Waals surface area contributed by atoms with E-state index in [0.29, 0.717) is 0 Å². The average Bonchev–Trinajstić information content (AvgIpc) is 2.12. The van der Waals surface area contributed by atoms with Crippen molar-refractivity contribution in [3.8, 4) is 0 Å². The molecule has 0 saturated carbocycles. The summed E-state index contributed by atoms with van der Waals surface area (Å²) in [6, 6.07) is 0.118. The molecule has 0 N–H and O–H groups in total. The molecule has 4 nitrogen and oxygen atoms in total. The van der Waals surface area contributed by atoms with Crippen molar-refractivity contribution in [3.63, 3.8) is 0 Å². The Kier molecular flexibility index (Phi) is 3.17. The Morgan fingerprint density at radius 2 is 2.18 bits per heavy atom. The third-order valence-electron chi connectivity index (χ3n) is 2.93. The van der Waals surface area contributed by atoms with E-state index in [-0.39, 0.29) is 24.5 Å². The van der Waals surface area contributed by atoms with E-state index in [1.54, 1.807) is 4.90 Å². The second-order valence-corrected chi connectivity index (χ2v) is 5.76. The van der Waals surface area contributed by atoms with Gasteiger partial charge in [0.15, 0.2) is 0 Å². The van der Waals surface area contributed by atoms with Crippen LogP contribution in [0.1, 0.15) is 40.5 Å². The second-order valence-electron chi connectivity index (χ2n) is 5.76. The van der Waals surface area contributed by atoms with Crippen LogP contribution in [0.4, 0.5) is 4.79 Å². The molecule has 0 aromatic carbocycles. The van der Waals surface area contributed by atoms with Crippen LogP contribution in [0.2, 0.25) is 0 Å². The molecule has 0 aliphatic carbocycles. The minimum absolute atomic E-state index is 0.118. The molecule has 2 aliphatic rings. The van der Waals surface area contributed by atoms with Gasteiger partial charge < -0.3 is 9.47 Å². The second kappa shape index (κ2) is 4.33. The number of amides is 1. The molecule has 2 bridgehead atoms. The van der Waals surface area contributed by atoms with E-state index in [4.69, 9.17) is 9.47 Å². The first-order valence-corrected chi connectivity index (χ1v) is 6.20. The largest absolute Gasteiger partial charge is 0.444 e. The van der Waals surface area contributed by atoms with Crippen molar-refractivity contribution < 1.29 is 14.3 Å². The maximum absolute atomic E-state index is 12.1. The van der Waals surface area contributed by atoms with Gasteiger partial charge in [-0.05, 0) is 34.1 Å². The van der Waals surface area contributed by atoms with Crippen LogP contribution in [-0.4, -0.2) is 35.0 Å². The predicted molar refractivity (Wildman–Crippen MR) is 64.6 cm³/mol. The molecule has 1 saturated heterocycles. The molecule has 1 fully saturated rings. The van der Waals surface area contributed by atoms with Crippen molar-refractivity contribution >= 4 is 6.09 Å². The maximum atomic E-state index is 12.1. The molecular formula is C13H21NO3. The molecule has 0 radical (unpaired) electrons. The van der Waals surface area contributed by atoms with E-state index < -0.39 is 5.60 Å². The smallest absolute Gasteiger partial charge is 0.412 e. The highest BCUT2D eigenvalue weighted by molar-refractivity contribution is 5.69. The molecule has 0 aromatic rings. The number of rotatable bonds is 0. The summed E-state index contributed by atoms with van der Waals surface area (Å²) in [7, 11) is 0. The highest BCUT2D eigenvalue weighted by Crippen LogP contribution is 2.30. The molecule has 2 rings (SSSR count). The number of hydrogen-bond acceptors (Lipinski definition) is 3. The minimum Gasteiger partial charge on any atom is -0.444 e. The van der Waals surface area contributed by atoms with Gasteiger partial charge in [-0.3, -0.25) is 4.90 Å². The van der Waals surface area contributed by atoms with E-state index in [9.17, 15) is 4.79 Å².